The van der Waals surface area contributed by atoms with Gasteiger partial charge in [0.15, 0.2) is 0 Å². The molecule has 0 radical (unpaired) electrons. The van der Waals surface area contributed by atoms with Crippen LogP contribution in [0.5, 0.6) is 0 Å². The Balaban J connectivity index is 1.41. The third-order valence-corrected chi connectivity index (χ3v) is 5.14. The lowest BCUT2D eigenvalue weighted by atomic mass is 10.1. The highest BCUT2D eigenvalue weighted by atomic mass is 19.1. The van der Waals surface area contributed by atoms with Gasteiger partial charge in [0.1, 0.15) is 11.5 Å². The summed E-state index contributed by atoms with van der Waals surface area (Å²) in [5.41, 5.74) is 2.32. The Hall–Kier alpha value is -2.47. The normalized spacial score (nSPS) is 27.3. The Morgan fingerprint density at radius 1 is 1.22 bits per heavy atom. The second-order valence-electron chi connectivity index (χ2n) is 7.54. The van der Waals surface area contributed by atoms with Gasteiger partial charge in [0.2, 0.25) is 0 Å². The molecule has 1 aromatic heterocycles. The van der Waals surface area contributed by atoms with E-state index >= 15 is 0 Å². The Morgan fingerprint density at radius 2 is 2.00 bits per heavy atom. The van der Waals surface area contributed by atoms with Gasteiger partial charge in [0.25, 0.3) is 5.91 Å². The first-order chi connectivity index (χ1) is 13.0. The summed E-state index contributed by atoms with van der Waals surface area (Å²) in [6.45, 7) is 5.69. The van der Waals surface area contributed by atoms with E-state index in [0.29, 0.717) is 5.69 Å². The molecule has 142 valence electrons. The number of benzene rings is 1. The molecule has 5 nitrogen and oxygen atoms in total. The number of amides is 1. The number of carbonyl (C=O) groups is 1. The summed E-state index contributed by atoms with van der Waals surface area (Å²) >= 11 is 0. The molecule has 1 amide bonds. The summed E-state index contributed by atoms with van der Waals surface area (Å²) in [6.07, 6.45) is 2.80. The standard InChI is InChI=1S/C21H24FN3O2/c1-13-11-25(12-14(2)27-13)17-6-7-23-20(9-17)21(26)24-19-10-18(19)15-4-3-5-16(22)8-15/h3-9,13-14,18-19H,10-12H2,1-2H3,(H,24,26)/t13-,14+,18-,19+/m0/s1. The van der Waals surface area contributed by atoms with Crippen molar-refractivity contribution in [2.75, 3.05) is 18.0 Å². The van der Waals surface area contributed by atoms with Gasteiger partial charge in [-0.05, 0) is 50.1 Å². The van der Waals surface area contributed by atoms with Gasteiger partial charge < -0.3 is 15.0 Å². The molecule has 4 atom stereocenters. The molecular formula is C21H24FN3O2. The fourth-order valence-corrected chi connectivity index (χ4v) is 3.83. The second kappa shape index (κ2) is 7.27. The Morgan fingerprint density at radius 3 is 2.74 bits per heavy atom. The van der Waals surface area contributed by atoms with Crippen molar-refractivity contribution < 1.29 is 13.9 Å². The van der Waals surface area contributed by atoms with E-state index in [9.17, 15) is 9.18 Å². The van der Waals surface area contributed by atoms with Gasteiger partial charge in [-0.1, -0.05) is 12.1 Å². The smallest absolute Gasteiger partial charge is 0.270 e. The van der Waals surface area contributed by atoms with E-state index in [1.807, 2.05) is 18.2 Å². The maximum absolute atomic E-state index is 13.4. The highest BCUT2D eigenvalue weighted by Crippen LogP contribution is 2.41. The summed E-state index contributed by atoms with van der Waals surface area (Å²) in [6, 6.07) is 10.4. The van der Waals surface area contributed by atoms with Gasteiger partial charge in [0, 0.05) is 36.9 Å². The molecular weight excluding hydrogens is 345 g/mol. The minimum atomic E-state index is -0.243. The van der Waals surface area contributed by atoms with E-state index in [4.69, 9.17) is 4.74 Å². The van der Waals surface area contributed by atoms with Crippen molar-refractivity contribution in [1.82, 2.24) is 10.3 Å². The van der Waals surface area contributed by atoms with Gasteiger partial charge in [0.05, 0.1) is 12.2 Å². The minimum Gasteiger partial charge on any atom is -0.372 e. The maximum atomic E-state index is 13.4. The number of rotatable bonds is 4. The highest BCUT2D eigenvalue weighted by molar-refractivity contribution is 5.93. The van der Waals surface area contributed by atoms with Crippen LogP contribution < -0.4 is 10.2 Å². The molecule has 0 bridgehead atoms. The van der Waals surface area contributed by atoms with Gasteiger partial charge >= 0.3 is 0 Å². The lowest BCUT2D eigenvalue weighted by Crippen LogP contribution is -2.45. The van der Waals surface area contributed by atoms with E-state index in [2.05, 4.69) is 29.0 Å². The molecule has 0 unspecified atom stereocenters. The molecule has 2 fully saturated rings. The van der Waals surface area contributed by atoms with Crippen molar-refractivity contribution in [2.45, 2.75) is 44.4 Å². The van der Waals surface area contributed by atoms with E-state index in [1.165, 1.54) is 12.1 Å². The number of hydrogen-bond donors (Lipinski definition) is 1. The maximum Gasteiger partial charge on any atom is 0.270 e. The largest absolute Gasteiger partial charge is 0.372 e. The topological polar surface area (TPSA) is 54.5 Å². The third-order valence-electron chi connectivity index (χ3n) is 5.14. The average molecular weight is 369 g/mol. The van der Waals surface area contributed by atoms with Crippen LogP contribution in [0.25, 0.3) is 0 Å². The van der Waals surface area contributed by atoms with E-state index in [1.54, 1.807) is 12.3 Å². The van der Waals surface area contributed by atoms with Crippen molar-refractivity contribution in [3.05, 3.63) is 59.7 Å². The monoisotopic (exact) mass is 369 g/mol. The van der Waals surface area contributed by atoms with Crippen molar-refractivity contribution >= 4 is 11.6 Å². The molecule has 1 saturated carbocycles. The number of halogens is 1. The van der Waals surface area contributed by atoms with Crippen LogP contribution in [-0.4, -0.2) is 42.2 Å². The number of aromatic nitrogens is 1. The number of nitrogens with zero attached hydrogens (tertiary/aromatic N) is 2. The molecule has 2 aromatic rings. The summed E-state index contributed by atoms with van der Waals surface area (Å²) in [5.74, 6) is -0.253. The minimum absolute atomic E-state index is 0.0354. The number of morpholine rings is 1. The van der Waals surface area contributed by atoms with Crippen LogP contribution in [0.4, 0.5) is 10.1 Å². The van der Waals surface area contributed by atoms with Crippen molar-refractivity contribution in [1.29, 1.82) is 0 Å². The summed E-state index contributed by atoms with van der Waals surface area (Å²) in [4.78, 5) is 19.1. The molecule has 2 aliphatic rings. The average Bonchev–Trinajstić information content (AvgIpc) is 3.40. The molecule has 6 heteroatoms. The quantitative estimate of drug-likeness (QED) is 0.900. The number of carbonyl (C=O) groups excluding carboxylic acids is 1. The molecule has 1 aliphatic heterocycles. The number of anilines is 1. The summed E-state index contributed by atoms with van der Waals surface area (Å²) in [5, 5.41) is 3.02. The molecule has 2 heterocycles. The van der Waals surface area contributed by atoms with Crippen LogP contribution in [0.1, 0.15) is 42.2 Å². The Labute approximate surface area is 158 Å². The SMILES string of the molecule is C[C@@H]1CN(c2ccnc(C(=O)N[C@@H]3C[C@H]3c3cccc(F)c3)c2)C[C@H](C)O1. The number of pyridine rings is 1. The molecule has 27 heavy (non-hydrogen) atoms. The lowest BCUT2D eigenvalue weighted by Gasteiger charge is -2.36. The Bertz CT molecular complexity index is 834. The van der Waals surface area contributed by atoms with Crippen LogP contribution in [0.15, 0.2) is 42.6 Å². The zero-order chi connectivity index (χ0) is 19.0. The predicted octanol–water partition coefficient (Wildman–Crippen LogP) is 3.12. The highest BCUT2D eigenvalue weighted by Gasteiger charge is 2.40. The molecule has 1 saturated heterocycles. The summed E-state index contributed by atoms with van der Waals surface area (Å²) < 4.78 is 19.2. The number of nitrogens with one attached hydrogen (secondary N) is 1. The first kappa shape index (κ1) is 17.9. The summed E-state index contributed by atoms with van der Waals surface area (Å²) in [7, 11) is 0. The van der Waals surface area contributed by atoms with E-state index in [-0.39, 0.29) is 35.9 Å². The van der Waals surface area contributed by atoms with E-state index in [0.717, 1.165) is 30.8 Å². The van der Waals surface area contributed by atoms with E-state index < -0.39 is 0 Å². The lowest BCUT2D eigenvalue weighted by molar-refractivity contribution is -0.00522. The fraction of sp³-hybridized carbons (Fsp3) is 0.429. The van der Waals surface area contributed by atoms with Crippen LogP contribution in [0.3, 0.4) is 0 Å². The first-order valence-electron chi connectivity index (χ1n) is 9.42. The molecule has 0 spiro atoms. The van der Waals surface area contributed by atoms with Crippen molar-refractivity contribution in [3.63, 3.8) is 0 Å². The van der Waals surface area contributed by atoms with Crippen LogP contribution >= 0.6 is 0 Å². The second-order valence-corrected chi connectivity index (χ2v) is 7.54. The molecule has 4 rings (SSSR count). The number of ether oxygens (including phenoxy) is 1. The predicted molar refractivity (Wildman–Crippen MR) is 101 cm³/mol. The first-order valence-corrected chi connectivity index (χ1v) is 9.42. The van der Waals surface area contributed by atoms with Gasteiger partial charge in [-0.3, -0.25) is 9.78 Å². The molecule has 1 aromatic carbocycles. The third kappa shape index (κ3) is 4.11. The van der Waals surface area contributed by atoms with Crippen LogP contribution in [0.2, 0.25) is 0 Å². The molecule has 1 aliphatic carbocycles. The van der Waals surface area contributed by atoms with Gasteiger partial charge in [-0.15, -0.1) is 0 Å². The Kier molecular flexibility index (Phi) is 4.83. The van der Waals surface area contributed by atoms with Gasteiger partial charge in [-0.25, -0.2) is 4.39 Å². The zero-order valence-electron chi connectivity index (χ0n) is 15.6. The fourth-order valence-electron chi connectivity index (χ4n) is 3.83. The van der Waals surface area contributed by atoms with Crippen LogP contribution in [0, 0.1) is 5.82 Å². The van der Waals surface area contributed by atoms with Crippen molar-refractivity contribution in [2.24, 2.45) is 0 Å². The van der Waals surface area contributed by atoms with Crippen molar-refractivity contribution in [3.8, 4) is 0 Å². The van der Waals surface area contributed by atoms with Gasteiger partial charge in [-0.2, -0.15) is 0 Å². The van der Waals surface area contributed by atoms with Crippen LogP contribution in [-0.2, 0) is 4.74 Å². The zero-order valence-corrected chi connectivity index (χ0v) is 15.6. The molecule has 1 N–H and O–H groups in total. The number of hydrogen-bond acceptors (Lipinski definition) is 4.